The van der Waals surface area contributed by atoms with Crippen LogP contribution < -0.4 is 9.47 Å². The van der Waals surface area contributed by atoms with Crippen LogP contribution in [-0.2, 0) is 22.4 Å². The van der Waals surface area contributed by atoms with Crippen molar-refractivity contribution in [1.82, 2.24) is 0 Å². The minimum absolute atomic E-state index is 0.0566. The molecule has 0 saturated heterocycles. The second-order valence-electron chi connectivity index (χ2n) is 10.5. The van der Waals surface area contributed by atoms with Crippen LogP contribution in [-0.4, -0.2) is 25.3 Å². The lowest BCUT2D eigenvalue weighted by Crippen LogP contribution is -2.20. The number of hydrogen-bond acceptors (Lipinski definition) is 4. The van der Waals surface area contributed by atoms with Gasteiger partial charge < -0.3 is 14.3 Å². The van der Waals surface area contributed by atoms with E-state index < -0.39 is 5.92 Å². The Hall–Kier alpha value is -2.62. The smallest absolute Gasteiger partial charge is 0.147 e. The second-order valence-corrected chi connectivity index (χ2v) is 10.5. The average molecular weight is 523 g/mol. The van der Waals surface area contributed by atoms with Gasteiger partial charge in [-0.25, -0.2) is 0 Å². The Bertz CT molecular complexity index is 872. The molecule has 0 aliphatic carbocycles. The molecule has 2 aromatic rings. The largest absolute Gasteiger partial charge is 0.494 e. The first-order valence-electron chi connectivity index (χ1n) is 15.1. The molecule has 0 saturated carbocycles. The van der Waals surface area contributed by atoms with Crippen molar-refractivity contribution in [3.05, 3.63) is 59.7 Å². The van der Waals surface area contributed by atoms with Crippen LogP contribution in [0.2, 0.25) is 0 Å². The number of aldehydes is 1. The van der Waals surface area contributed by atoms with Crippen molar-refractivity contribution in [2.24, 2.45) is 5.92 Å². The standard InChI is InChI=1S/C34H50O4/c1-3-5-7-8-9-10-11-12-13-15-25-38-33-22-18-30(19-23-33)27-34(36)31(28-35)26-29-16-20-32(21-17-29)37-24-14-6-4-2/h16-23,28,31H,3-15,24-27H2,1-2H3. The molecule has 1 unspecified atom stereocenters. The predicted octanol–water partition coefficient (Wildman–Crippen LogP) is 8.72. The van der Waals surface area contributed by atoms with Crippen molar-refractivity contribution in [2.45, 2.75) is 110 Å². The van der Waals surface area contributed by atoms with Gasteiger partial charge in [-0.05, 0) is 54.7 Å². The van der Waals surface area contributed by atoms with Crippen LogP contribution in [0.3, 0.4) is 0 Å². The number of unbranched alkanes of at least 4 members (excludes halogenated alkanes) is 11. The average Bonchev–Trinajstić information content (AvgIpc) is 2.94. The van der Waals surface area contributed by atoms with Gasteiger partial charge in [0.1, 0.15) is 23.6 Å². The first kappa shape index (κ1) is 31.6. The Labute approximate surface area is 231 Å². The lowest BCUT2D eigenvalue weighted by molar-refractivity contribution is -0.126. The summed E-state index contributed by atoms with van der Waals surface area (Å²) in [6.07, 6.45) is 17.9. The molecule has 0 radical (unpaired) electrons. The Kier molecular flexibility index (Phi) is 16.9. The number of carbonyl (C=O) groups is 2. The molecule has 0 fully saturated rings. The van der Waals surface area contributed by atoms with Gasteiger partial charge in [-0.15, -0.1) is 0 Å². The van der Waals surface area contributed by atoms with E-state index in [-0.39, 0.29) is 12.2 Å². The van der Waals surface area contributed by atoms with Crippen molar-refractivity contribution < 1.29 is 19.1 Å². The molecule has 2 rings (SSSR count). The van der Waals surface area contributed by atoms with Crippen LogP contribution in [0.25, 0.3) is 0 Å². The Morgan fingerprint density at radius 2 is 1.05 bits per heavy atom. The van der Waals surface area contributed by atoms with E-state index in [2.05, 4.69) is 13.8 Å². The number of rotatable bonds is 23. The van der Waals surface area contributed by atoms with Crippen LogP contribution in [0.1, 0.15) is 108 Å². The molecule has 0 spiro atoms. The summed E-state index contributed by atoms with van der Waals surface area (Å²) in [6.45, 7) is 5.87. The van der Waals surface area contributed by atoms with E-state index in [0.717, 1.165) is 54.8 Å². The zero-order valence-corrected chi connectivity index (χ0v) is 23.9. The Balaban J connectivity index is 1.64. The summed E-state index contributed by atoms with van der Waals surface area (Å²) >= 11 is 0. The summed E-state index contributed by atoms with van der Waals surface area (Å²) in [5.74, 6) is 0.966. The summed E-state index contributed by atoms with van der Waals surface area (Å²) in [6, 6.07) is 15.4. The number of carbonyl (C=O) groups excluding carboxylic acids is 2. The molecule has 0 amide bonds. The van der Waals surface area contributed by atoms with E-state index in [4.69, 9.17) is 9.47 Å². The van der Waals surface area contributed by atoms with E-state index in [1.165, 1.54) is 64.2 Å². The topological polar surface area (TPSA) is 52.6 Å². The van der Waals surface area contributed by atoms with Gasteiger partial charge in [-0.3, -0.25) is 4.79 Å². The molecule has 4 nitrogen and oxygen atoms in total. The Morgan fingerprint density at radius 1 is 0.632 bits per heavy atom. The molecule has 4 heteroatoms. The van der Waals surface area contributed by atoms with Crippen molar-refractivity contribution in [1.29, 1.82) is 0 Å². The van der Waals surface area contributed by atoms with E-state index >= 15 is 0 Å². The van der Waals surface area contributed by atoms with Crippen LogP contribution in [0, 0.1) is 5.92 Å². The van der Waals surface area contributed by atoms with Gasteiger partial charge in [-0.1, -0.05) is 109 Å². The van der Waals surface area contributed by atoms with Gasteiger partial charge in [0.05, 0.1) is 19.1 Å². The lowest BCUT2D eigenvalue weighted by Gasteiger charge is -2.11. The lowest BCUT2D eigenvalue weighted by atomic mass is 9.93. The van der Waals surface area contributed by atoms with Crippen LogP contribution >= 0.6 is 0 Å². The maximum Gasteiger partial charge on any atom is 0.147 e. The fraction of sp³-hybridized carbons (Fsp3) is 0.588. The van der Waals surface area contributed by atoms with E-state index in [9.17, 15) is 9.59 Å². The molecule has 0 aliphatic rings. The monoisotopic (exact) mass is 522 g/mol. The third kappa shape index (κ3) is 13.8. The molecule has 0 aromatic heterocycles. The van der Waals surface area contributed by atoms with Crippen molar-refractivity contribution in [3.8, 4) is 11.5 Å². The highest BCUT2D eigenvalue weighted by Gasteiger charge is 2.18. The first-order chi connectivity index (χ1) is 18.7. The van der Waals surface area contributed by atoms with Crippen molar-refractivity contribution >= 4 is 12.1 Å². The molecule has 2 aromatic carbocycles. The fourth-order valence-electron chi connectivity index (χ4n) is 4.57. The van der Waals surface area contributed by atoms with Gasteiger partial charge in [-0.2, -0.15) is 0 Å². The quantitative estimate of drug-likeness (QED) is 0.0832. The minimum Gasteiger partial charge on any atom is -0.494 e. The number of Topliss-reactive ketones (excluding diaryl/α,β-unsaturated/α-hetero) is 1. The van der Waals surface area contributed by atoms with Gasteiger partial charge >= 0.3 is 0 Å². The highest BCUT2D eigenvalue weighted by molar-refractivity contribution is 5.94. The zero-order valence-electron chi connectivity index (χ0n) is 23.9. The van der Waals surface area contributed by atoms with Gasteiger partial charge in [0.15, 0.2) is 0 Å². The van der Waals surface area contributed by atoms with Gasteiger partial charge in [0.2, 0.25) is 0 Å². The second kappa shape index (κ2) is 20.4. The highest BCUT2D eigenvalue weighted by Crippen LogP contribution is 2.19. The highest BCUT2D eigenvalue weighted by atomic mass is 16.5. The SMILES string of the molecule is CCCCCCCCCCCCOc1ccc(CC(=O)C(C=O)Cc2ccc(OCCCCC)cc2)cc1. The summed E-state index contributed by atoms with van der Waals surface area (Å²) < 4.78 is 11.6. The molecular formula is C34H50O4. The van der Waals surface area contributed by atoms with Crippen molar-refractivity contribution in [2.75, 3.05) is 13.2 Å². The number of benzene rings is 2. The maximum atomic E-state index is 12.8. The third-order valence-corrected chi connectivity index (χ3v) is 7.04. The van der Waals surface area contributed by atoms with Crippen LogP contribution in [0.4, 0.5) is 0 Å². The van der Waals surface area contributed by atoms with Crippen molar-refractivity contribution in [3.63, 3.8) is 0 Å². The van der Waals surface area contributed by atoms with Crippen LogP contribution in [0.5, 0.6) is 11.5 Å². The first-order valence-corrected chi connectivity index (χ1v) is 15.1. The molecule has 1 atom stereocenters. The molecule has 0 heterocycles. The van der Waals surface area contributed by atoms with E-state index in [1.807, 2.05) is 48.5 Å². The fourth-order valence-corrected chi connectivity index (χ4v) is 4.57. The normalized spacial score (nSPS) is 11.7. The number of hydrogen-bond donors (Lipinski definition) is 0. The molecule has 0 aliphatic heterocycles. The molecule has 0 bridgehead atoms. The van der Waals surface area contributed by atoms with Gasteiger partial charge in [0.25, 0.3) is 0 Å². The number of ketones is 1. The summed E-state index contributed by atoms with van der Waals surface area (Å²) in [4.78, 5) is 24.5. The van der Waals surface area contributed by atoms with Gasteiger partial charge in [0, 0.05) is 6.42 Å². The molecule has 38 heavy (non-hydrogen) atoms. The predicted molar refractivity (Wildman–Crippen MR) is 157 cm³/mol. The zero-order chi connectivity index (χ0) is 27.3. The summed E-state index contributed by atoms with van der Waals surface area (Å²) in [7, 11) is 0. The maximum absolute atomic E-state index is 12.8. The minimum atomic E-state index is -0.640. The third-order valence-electron chi connectivity index (χ3n) is 7.04. The van der Waals surface area contributed by atoms with E-state index in [0.29, 0.717) is 13.0 Å². The molecule has 210 valence electrons. The summed E-state index contributed by atoms with van der Waals surface area (Å²) in [5, 5.41) is 0. The van der Waals surface area contributed by atoms with E-state index in [1.54, 1.807) is 0 Å². The molecule has 0 N–H and O–H groups in total. The van der Waals surface area contributed by atoms with Crippen LogP contribution in [0.15, 0.2) is 48.5 Å². The summed E-state index contributed by atoms with van der Waals surface area (Å²) in [5.41, 5.74) is 1.87. The number of ether oxygens (including phenoxy) is 2. The Morgan fingerprint density at radius 3 is 1.55 bits per heavy atom. The molecular weight excluding hydrogens is 472 g/mol.